The van der Waals surface area contributed by atoms with Crippen molar-refractivity contribution < 1.29 is 9.53 Å². The van der Waals surface area contributed by atoms with Crippen LogP contribution >= 0.6 is 0 Å². The van der Waals surface area contributed by atoms with E-state index >= 15 is 0 Å². The molecular weight excluding hydrogens is 252 g/mol. The number of ether oxygens (including phenoxy) is 1. The van der Waals surface area contributed by atoms with Crippen molar-refractivity contribution in [2.45, 2.75) is 32.3 Å². The van der Waals surface area contributed by atoms with E-state index in [-0.39, 0.29) is 12.0 Å². The number of amides is 1. The summed E-state index contributed by atoms with van der Waals surface area (Å²) in [6, 6.07) is 5.97. The second kappa shape index (κ2) is 5.44. The third-order valence-corrected chi connectivity index (χ3v) is 4.45. The summed E-state index contributed by atoms with van der Waals surface area (Å²) in [7, 11) is 0. The first-order valence-corrected chi connectivity index (χ1v) is 7.48. The smallest absolute Gasteiger partial charge is 0.251 e. The largest absolute Gasteiger partial charge is 0.491 e. The number of hydrogen-bond donors (Lipinski definition) is 2. The second-order valence-corrected chi connectivity index (χ2v) is 5.82. The SMILES string of the molecule is CC[C@H](C)Oc1ccc2c(c1)C(=O)NCC1CNCC21. The monoisotopic (exact) mass is 274 g/mol. The maximum absolute atomic E-state index is 12.3. The molecule has 0 saturated carbocycles. The predicted molar refractivity (Wildman–Crippen MR) is 78.3 cm³/mol. The van der Waals surface area contributed by atoms with Gasteiger partial charge in [0.25, 0.3) is 5.91 Å². The van der Waals surface area contributed by atoms with Gasteiger partial charge in [0.1, 0.15) is 5.75 Å². The van der Waals surface area contributed by atoms with E-state index in [0.29, 0.717) is 11.8 Å². The molecule has 2 heterocycles. The number of rotatable bonds is 3. The molecule has 2 unspecified atom stereocenters. The van der Waals surface area contributed by atoms with E-state index in [2.05, 4.69) is 23.6 Å². The molecule has 108 valence electrons. The first-order valence-electron chi connectivity index (χ1n) is 7.48. The Morgan fingerprint density at radius 2 is 2.20 bits per heavy atom. The normalized spacial score (nSPS) is 26.2. The van der Waals surface area contributed by atoms with E-state index in [4.69, 9.17) is 4.74 Å². The van der Waals surface area contributed by atoms with Gasteiger partial charge in [0.15, 0.2) is 0 Å². The molecule has 1 saturated heterocycles. The number of fused-ring (bicyclic) bond motifs is 3. The molecule has 3 rings (SSSR count). The molecule has 1 aromatic rings. The number of hydrogen-bond acceptors (Lipinski definition) is 3. The fraction of sp³-hybridized carbons (Fsp3) is 0.562. The second-order valence-electron chi connectivity index (χ2n) is 5.82. The Hall–Kier alpha value is -1.55. The van der Waals surface area contributed by atoms with Crippen molar-refractivity contribution >= 4 is 5.91 Å². The molecule has 1 fully saturated rings. The van der Waals surface area contributed by atoms with Crippen LogP contribution < -0.4 is 15.4 Å². The molecule has 2 aliphatic rings. The number of carbonyl (C=O) groups excluding carboxylic acids is 1. The highest BCUT2D eigenvalue weighted by Crippen LogP contribution is 2.34. The Morgan fingerprint density at radius 1 is 1.35 bits per heavy atom. The van der Waals surface area contributed by atoms with Gasteiger partial charge in [-0.05, 0) is 37.0 Å². The Morgan fingerprint density at radius 3 is 3.00 bits per heavy atom. The van der Waals surface area contributed by atoms with Crippen LogP contribution in [-0.2, 0) is 0 Å². The summed E-state index contributed by atoms with van der Waals surface area (Å²) in [6.07, 6.45) is 1.13. The molecule has 0 spiro atoms. The third-order valence-electron chi connectivity index (χ3n) is 4.45. The van der Waals surface area contributed by atoms with Gasteiger partial charge in [-0.2, -0.15) is 0 Å². The van der Waals surface area contributed by atoms with E-state index in [1.165, 1.54) is 0 Å². The Kier molecular flexibility index (Phi) is 3.66. The fourth-order valence-corrected chi connectivity index (χ4v) is 3.07. The molecule has 4 nitrogen and oxygen atoms in total. The fourth-order valence-electron chi connectivity index (χ4n) is 3.07. The van der Waals surface area contributed by atoms with Crippen LogP contribution in [0.1, 0.15) is 42.1 Å². The lowest BCUT2D eigenvalue weighted by Crippen LogP contribution is -2.28. The standard InChI is InChI=1S/C16H22N2O2/c1-3-10(2)20-12-4-5-13-14(6-12)16(19)18-8-11-7-17-9-15(11)13/h4-6,10-11,15,17H,3,7-9H2,1-2H3,(H,18,19)/t10-,11?,15?/m0/s1. The van der Waals surface area contributed by atoms with Crippen LogP contribution in [0.3, 0.4) is 0 Å². The molecule has 20 heavy (non-hydrogen) atoms. The molecule has 2 N–H and O–H groups in total. The van der Waals surface area contributed by atoms with E-state index in [0.717, 1.165) is 42.9 Å². The zero-order valence-corrected chi connectivity index (χ0v) is 12.1. The van der Waals surface area contributed by atoms with Gasteiger partial charge in [0.05, 0.1) is 6.10 Å². The topological polar surface area (TPSA) is 50.4 Å². The molecule has 2 aliphatic heterocycles. The van der Waals surface area contributed by atoms with Crippen LogP contribution in [0.15, 0.2) is 18.2 Å². The van der Waals surface area contributed by atoms with Crippen LogP contribution in [0.25, 0.3) is 0 Å². The zero-order valence-electron chi connectivity index (χ0n) is 12.1. The summed E-state index contributed by atoms with van der Waals surface area (Å²) in [5.41, 5.74) is 1.94. The quantitative estimate of drug-likeness (QED) is 0.885. The number of carbonyl (C=O) groups is 1. The summed E-state index contributed by atoms with van der Waals surface area (Å²) >= 11 is 0. The molecule has 1 amide bonds. The maximum Gasteiger partial charge on any atom is 0.251 e. The first-order chi connectivity index (χ1) is 9.69. The summed E-state index contributed by atoms with van der Waals surface area (Å²) in [5, 5.41) is 6.45. The van der Waals surface area contributed by atoms with Crippen molar-refractivity contribution in [3.63, 3.8) is 0 Å². The van der Waals surface area contributed by atoms with Crippen molar-refractivity contribution in [1.29, 1.82) is 0 Å². The molecule has 0 bridgehead atoms. The Bertz CT molecular complexity index is 515. The minimum atomic E-state index is 0.0315. The molecule has 1 aromatic carbocycles. The molecule has 3 atom stereocenters. The third kappa shape index (κ3) is 2.40. The van der Waals surface area contributed by atoms with E-state index in [1.807, 2.05) is 19.1 Å². The van der Waals surface area contributed by atoms with Crippen molar-refractivity contribution in [2.24, 2.45) is 5.92 Å². The highest BCUT2D eigenvalue weighted by molar-refractivity contribution is 5.96. The molecule has 0 radical (unpaired) electrons. The lowest BCUT2D eigenvalue weighted by molar-refractivity contribution is 0.0951. The lowest BCUT2D eigenvalue weighted by atomic mass is 9.87. The minimum absolute atomic E-state index is 0.0315. The summed E-state index contributed by atoms with van der Waals surface area (Å²) in [6.45, 7) is 6.83. The van der Waals surface area contributed by atoms with Crippen LogP contribution in [0.2, 0.25) is 0 Å². The van der Waals surface area contributed by atoms with Gasteiger partial charge < -0.3 is 15.4 Å². The summed E-state index contributed by atoms with van der Waals surface area (Å²) in [4.78, 5) is 12.3. The molecule has 0 aromatic heterocycles. The van der Waals surface area contributed by atoms with Crippen LogP contribution in [0.5, 0.6) is 5.75 Å². The Labute approximate surface area is 119 Å². The Balaban J connectivity index is 1.94. The van der Waals surface area contributed by atoms with Gasteiger partial charge in [-0.3, -0.25) is 4.79 Å². The van der Waals surface area contributed by atoms with Crippen molar-refractivity contribution in [1.82, 2.24) is 10.6 Å². The van der Waals surface area contributed by atoms with Gasteiger partial charge in [0, 0.05) is 31.1 Å². The van der Waals surface area contributed by atoms with Crippen molar-refractivity contribution in [3.05, 3.63) is 29.3 Å². The predicted octanol–water partition coefficient (Wildman–Crippen LogP) is 1.91. The number of nitrogens with one attached hydrogen (secondary N) is 2. The van der Waals surface area contributed by atoms with Gasteiger partial charge in [-0.1, -0.05) is 13.0 Å². The van der Waals surface area contributed by atoms with Gasteiger partial charge in [-0.15, -0.1) is 0 Å². The van der Waals surface area contributed by atoms with Crippen LogP contribution in [-0.4, -0.2) is 31.6 Å². The molecular formula is C16H22N2O2. The highest BCUT2D eigenvalue weighted by atomic mass is 16.5. The van der Waals surface area contributed by atoms with Crippen molar-refractivity contribution in [2.75, 3.05) is 19.6 Å². The summed E-state index contributed by atoms with van der Waals surface area (Å²) in [5.74, 6) is 1.75. The molecule has 4 heteroatoms. The zero-order chi connectivity index (χ0) is 14.1. The molecule has 0 aliphatic carbocycles. The van der Waals surface area contributed by atoms with E-state index in [1.54, 1.807) is 0 Å². The van der Waals surface area contributed by atoms with Gasteiger partial charge in [-0.25, -0.2) is 0 Å². The van der Waals surface area contributed by atoms with Crippen molar-refractivity contribution in [3.8, 4) is 5.75 Å². The minimum Gasteiger partial charge on any atom is -0.491 e. The van der Waals surface area contributed by atoms with Crippen LogP contribution in [0, 0.1) is 5.92 Å². The van der Waals surface area contributed by atoms with Crippen LogP contribution in [0.4, 0.5) is 0 Å². The van der Waals surface area contributed by atoms with E-state index in [9.17, 15) is 4.79 Å². The van der Waals surface area contributed by atoms with Gasteiger partial charge >= 0.3 is 0 Å². The number of benzene rings is 1. The lowest BCUT2D eigenvalue weighted by Gasteiger charge is -2.18. The average molecular weight is 274 g/mol. The van der Waals surface area contributed by atoms with E-state index < -0.39 is 0 Å². The maximum atomic E-state index is 12.3. The average Bonchev–Trinajstić information content (AvgIpc) is 2.88. The highest BCUT2D eigenvalue weighted by Gasteiger charge is 2.34. The summed E-state index contributed by atoms with van der Waals surface area (Å²) < 4.78 is 5.83. The van der Waals surface area contributed by atoms with Gasteiger partial charge in [0.2, 0.25) is 0 Å². The first kappa shape index (κ1) is 13.4.